The number of hydrogen-bond acceptors (Lipinski definition) is 2. The van der Waals surface area contributed by atoms with Gasteiger partial charge in [-0.1, -0.05) is 0 Å². The van der Waals surface area contributed by atoms with Gasteiger partial charge in [-0.3, -0.25) is 4.79 Å². The van der Waals surface area contributed by atoms with E-state index in [4.69, 9.17) is 0 Å². The lowest BCUT2D eigenvalue weighted by Crippen LogP contribution is -2.33. The van der Waals surface area contributed by atoms with Gasteiger partial charge in [-0.25, -0.2) is 4.39 Å². The van der Waals surface area contributed by atoms with Crippen LogP contribution in [0.5, 0.6) is 0 Å². The Balaban J connectivity index is 0.00000162. The molecule has 6 heteroatoms. The molecule has 1 aromatic rings. The molecule has 1 fully saturated rings. The van der Waals surface area contributed by atoms with E-state index < -0.39 is 0 Å². The highest BCUT2D eigenvalue weighted by molar-refractivity contribution is 14.1. The molecular formula is C12H15ClFIN2O. The van der Waals surface area contributed by atoms with Crippen LogP contribution in [-0.2, 0) is 0 Å². The Kier molecular flexibility index (Phi) is 5.81. The maximum Gasteiger partial charge on any atom is 0.254 e. The summed E-state index contributed by atoms with van der Waals surface area (Å²) < 4.78 is 13.6. The highest BCUT2D eigenvalue weighted by Crippen LogP contribution is 2.19. The molecule has 1 aromatic carbocycles. The number of benzene rings is 1. The molecule has 1 saturated heterocycles. The lowest BCUT2D eigenvalue weighted by Gasteiger charge is -2.17. The average Bonchev–Trinajstić information content (AvgIpc) is 2.76. The van der Waals surface area contributed by atoms with E-state index in [1.165, 1.54) is 12.1 Å². The van der Waals surface area contributed by atoms with Crippen molar-refractivity contribution in [2.45, 2.75) is 12.5 Å². The molecule has 3 nitrogen and oxygen atoms in total. The molecule has 1 aliphatic heterocycles. The Labute approximate surface area is 126 Å². The highest BCUT2D eigenvalue weighted by atomic mass is 127. The van der Waals surface area contributed by atoms with Gasteiger partial charge in [0.15, 0.2) is 0 Å². The molecule has 18 heavy (non-hydrogen) atoms. The zero-order chi connectivity index (χ0) is 12.4. The first-order valence-corrected chi connectivity index (χ1v) is 6.61. The molecule has 0 bridgehead atoms. The van der Waals surface area contributed by atoms with E-state index >= 15 is 0 Å². The Morgan fingerprint density at radius 2 is 2.28 bits per heavy atom. The second-order valence-electron chi connectivity index (χ2n) is 4.15. The average molecular weight is 385 g/mol. The summed E-state index contributed by atoms with van der Waals surface area (Å²) in [4.78, 5) is 14.0. The molecule has 1 unspecified atom stereocenters. The van der Waals surface area contributed by atoms with Gasteiger partial charge in [0.05, 0.1) is 5.56 Å². The summed E-state index contributed by atoms with van der Waals surface area (Å²) in [6.45, 7) is 1.49. The van der Waals surface area contributed by atoms with Gasteiger partial charge in [-0.05, 0) is 54.3 Å². The van der Waals surface area contributed by atoms with Crippen molar-refractivity contribution in [1.82, 2.24) is 10.2 Å². The van der Waals surface area contributed by atoms with E-state index in [0.29, 0.717) is 15.2 Å². The highest BCUT2D eigenvalue weighted by Gasteiger charge is 2.26. The number of halogens is 3. The molecule has 0 aromatic heterocycles. The van der Waals surface area contributed by atoms with Crippen molar-refractivity contribution in [3.8, 4) is 0 Å². The van der Waals surface area contributed by atoms with Crippen LogP contribution in [-0.4, -0.2) is 37.0 Å². The first kappa shape index (κ1) is 15.7. The number of likely N-dealkylation sites (tertiary alicyclic amines) is 1. The number of nitrogens with zero attached hydrogens (tertiary/aromatic N) is 1. The fourth-order valence-corrected chi connectivity index (χ4v) is 2.72. The number of amides is 1. The SMILES string of the molecule is CNC1CCN(C(=O)c2ccc(F)cc2I)C1.Cl. The fourth-order valence-electron chi connectivity index (χ4n) is 2.01. The summed E-state index contributed by atoms with van der Waals surface area (Å²) in [6, 6.07) is 4.66. The number of carbonyl (C=O) groups is 1. The van der Waals surface area contributed by atoms with Crippen molar-refractivity contribution >= 4 is 40.9 Å². The topological polar surface area (TPSA) is 32.3 Å². The van der Waals surface area contributed by atoms with Gasteiger partial charge in [0.1, 0.15) is 5.82 Å². The molecule has 0 spiro atoms. The molecule has 100 valence electrons. The van der Waals surface area contributed by atoms with Crippen LogP contribution in [0.3, 0.4) is 0 Å². The third kappa shape index (κ3) is 3.33. The molecular weight excluding hydrogens is 370 g/mol. The summed E-state index contributed by atoms with van der Waals surface area (Å²) in [5.74, 6) is -0.312. The zero-order valence-corrected chi connectivity index (χ0v) is 12.9. The predicted molar refractivity (Wildman–Crippen MR) is 79.7 cm³/mol. The summed E-state index contributed by atoms with van der Waals surface area (Å²) in [5, 5.41) is 3.17. The number of hydrogen-bond donors (Lipinski definition) is 1. The van der Waals surface area contributed by atoms with Crippen molar-refractivity contribution in [3.63, 3.8) is 0 Å². The molecule has 0 saturated carbocycles. The van der Waals surface area contributed by atoms with E-state index in [9.17, 15) is 9.18 Å². The van der Waals surface area contributed by atoms with E-state index in [0.717, 1.165) is 19.5 Å². The van der Waals surface area contributed by atoms with Gasteiger partial charge in [0, 0.05) is 22.7 Å². The van der Waals surface area contributed by atoms with Gasteiger partial charge >= 0.3 is 0 Å². The van der Waals surface area contributed by atoms with Crippen LogP contribution in [0.4, 0.5) is 4.39 Å². The number of rotatable bonds is 2. The Morgan fingerprint density at radius 3 is 2.83 bits per heavy atom. The van der Waals surface area contributed by atoms with Crippen molar-refractivity contribution in [2.75, 3.05) is 20.1 Å². The minimum Gasteiger partial charge on any atom is -0.337 e. The standard InChI is InChI=1S/C12H14FIN2O.ClH/c1-15-9-4-5-16(7-9)12(17)10-3-2-8(13)6-11(10)14;/h2-3,6,9,15H,4-5,7H2,1H3;1H. The molecule has 2 rings (SSSR count). The van der Waals surface area contributed by atoms with Crippen molar-refractivity contribution in [3.05, 3.63) is 33.1 Å². The van der Waals surface area contributed by atoms with Crippen molar-refractivity contribution in [2.24, 2.45) is 0 Å². The fraction of sp³-hybridized carbons (Fsp3) is 0.417. The van der Waals surface area contributed by atoms with Gasteiger partial charge in [-0.15, -0.1) is 12.4 Å². The molecule has 1 amide bonds. The van der Waals surface area contributed by atoms with Crippen LogP contribution in [0.15, 0.2) is 18.2 Å². The summed E-state index contributed by atoms with van der Waals surface area (Å²) >= 11 is 2.00. The molecule has 1 atom stereocenters. The second kappa shape index (κ2) is 6.68. The smallest absolute Gasteiger partial charge is 0.254 e. The maximum absolute atomic E-state index is 13.0. The van der Waals surface area contributed by atoms with Gasteiger partial charge in [0.2, 0.25) is 0 Å². The quantitative estimate of drug-likeness (QED) is 0.794. The van der Waals surface area contributed by atoms with Crippen LogP contribution in [0.2, 0.25) is 0 Å². The van der Waals surface area contributed by atoms with Crippen molar-refractivity contribution < 1.29 is 9.18 Å². The van der Waals surface area contributed by atoms with Crippen LogP contribution in [0.1, 0.15) is 16.8 Å². The lowest BCUT2D eigenvalue weighted by atomic mass is 10.2. The van der Waals surface area contributed by atoms with E-state index in [1.54, 1.807) is 6.07 Å². The largest absolute Gasteiger partial charge is 0.337 e. The normalized spacial score (nSPS) is 18.6. The van der Waals surface area contributed by atoms with Crippen LogP contribution < -0.4 is 5.32 Å². The van der Waals surface area contributed by atoms with Crippen LogP contribution in [0, 0.1) is 9.39 Å². The third-order valence-corrected chi connectivity index (χ3v) is 3.94. The van der Waals surface area contributed by atoms with Gasteiger partial charge < -0.3 is 10.2 Å². The zero-order valence-electron chi connectivity index (χ0n) is 9.95. The van der Waals surface area contributed by atoms with Crippen LogP contribution in [0.25, 0.3) is 0 Å². The van der Waals surface area contributed by atoms with Crippen LogP contribution >= 0.6 is 35.0 Å². The summed E-state index contributed by atoms with van der Waals surface area (Å²) in [7, 11) is 1.90. The van der Waals surface area contributed by atoms with E-state index in [-0.39, 0.29) is 24.1 Å². The molecule has 0 aliphatic carbocycles. The molecule has 1 aliphatic rings. The number of likely N-dealkylation sites (N-methyl/N-ethyl adjacent to an activating group) is 1. The Hall–Kier alpha value is -0.400. The first-order chi connectivity index (χ1) is 8.11. The molecule has 1 N–H and O–H groups in total. The summed E-state index contributed by atoms with van der Waals surface area (Å²) in [5.41, 5.74) is 0.587. The number of nitrogens with one attached hydrogen (secondary N) is 1. The Morgan fingerprint density at radius 1 is 1.56 bits per heavy atom. The third-order valence-electron chi connectivity index (χ3n) is 3.05. The minimum atomic E-state index is -0.305. The Bertz CT molecular complexity index is 444. The predicted octanol–water partition coefficient (Wildman–Crippen LogP) is 2.29. The number of carbonyl (C=O) groups excluding carboxylic acids is 1. The molecule has 1 heterocycles. The second-order valence-corrected chi connectivity index (χ2v) is 5.31. The monoisotopic (exact) mass is 384 g/mol. The molecule has 0 radical (unpaired) electrons. The summed E-state index contributed by atoms with van der Waals surface area (Å²) in [6.07, 6.45) is 0.972. The van der Waals surface area contributed by atoms with Gasteiger partial charge in [-0.2, -0.15) is 0 Å². The van der Waals surface area contributed by atoms with Gasteiger partial charge in [0.25, 0.3) is 5.91 Å². The maximum atomic E-state index is 13.0. The first-order valence-electron chi connectivity index (χ1n) is 5.53. The van der Waals surface area contributed by atoms with Crippen molar-refractivity contribution in [1.29, 1.82) is 0 Å². The van der Waals surface area contributed by atoms with E-state index in [1.807, 2.05) is 34.5 Å². The minimum absolute atomic E-state index is 0. The lowest BCUT2D eigenvalue weighted by molar-refractivity contribution is 0.0788. The van der Waals surface area contributed by atoms with E-state index in [2.05, 4.69) is 5.32 Å².